The third-order valence-corrected chi connectivity index (χ3v) is 5.12. The number of hydrogen-bond donors (Lipinski definition) is 1. The highest BCUT2D eigenvalue weighted by Gasteiger charge is 2.27. The van der Waals surface area contributed by atoms with Crippen LogP contribution < -0.4 is 0 Å². The number of fused-ring (bicyclic) bond motifs is 1. The van der Waals surface area contributed by atoms with Gasteiger partial charge in [0.15, 0.2) is 0 Å². The van der Waals surface area contributed by atoms with Gasteiger partial charge in [0.05, 0.1) is 17.4 Å². The zero-order valence-corrected chi connectivity index (χ0v) is 14.4. The lowest BCUT2D eigenvalue weighted by Gasteiger charge is -2.34. The number of benzene rings is 1. The lowest BCUT2D eigenvalue weighted by Crippen LogP contribution is -2.50. The molecule has 25 heavy (non-hydrogen) atoms. The number of imidazole rings is 1. The highest BCUT2D eigenvalue weighted by atomic mass is 16.2. The minimum absolute atomic E-state index is 0.00769. The van der Waals surface area contributed by atoms with Crippen molar-refractivity contribution in [2.24, 2.45) is 5.92 Å². The van der Waals surface area contributed by atoms with Crippen LogP contribution in [-0.2, 0) is 4.79 Å². The highest BCUT2D eigenvalue weighted by Crippen LogP contribution is 2.36. The Kier molecular flexibility index (Phi) is 4.03. The van der Waals surface area contributed by atoms with Gasteiger partial charge in [-0.3, -0.25) is 9.59 Å². The summed E-state index contributed by atoms with van der Waals surface area (Å²) in [6, 6.07) is 5.50. The van der Waals surface area contributed by atoms with Crippen molar-refractivity contribution in [3.8, 4) is 0 Å². The molecule has 1 aromatic heterocycles. The van der Waals surface area contributed by atoms with Gasteiger partial charge in [0.25, 0.3) is 5.91 Å². The fourth-order valence-corrected chi connectivity index (χ4v) is 3.32. The third kappa shape index (κ3) is 3.29. The summed E-state index contributed by atoms with van der Waals surface area (Å²) in [5, 5.41) is 0. The minimum Gasteiger partial charge on any atom is -0.345 e. The van der Waals surface area contributed by atoms with Gasteiger partial charge >= 0.3 is 0 Å². The molecule has 0 atom stereocenters. The predicted octanol–water partition coefficient (Wildman–Crippen LogP) is 2.20. The molecule has 2 amide bonds. The van der Waals surface area contributed by atoms with Crippen molar-refractivity contribution in [2.45, 2.75) is 19.8 Å². The molecule has 2 aliphatic rings. The van der Waals surface area contributed by atoms with E-state index in [9.17, 15) is 9.59 Å². The van der Waals surface area contributed by atoms with Crippen LogP contribution >= 0.6 is 0 Å². The number of carbonyl (C=O) groups is 2. The molecule has 1 saturated heterocycles. The van der Waals surface area contributed by atoms with Crippen LogP contribution in [0.1, 0.15) is 30.1 Å². The normalized spacial score (nSPS) is 18.7. The maximum atomic E-state index is 12.7. The summed E-state index contributed by atoms with van der Waals surface area (Å²) in [6.45, 7) is 4.36. The molecule has 0 spiro atoms. The molecule has 1 aliphatic heterocycles. The van der Waals surface area contributed by atoms with Gasteiger partial charge in [-0.15, -0.1) is 0 Å². The van der Waals surface area contributed by atoms with Crippen LogP contribution in [0.2, 0.25) is 0 Å². The lowest BCUT2D eigenvalue weighted by atomic mass is 10.1. The summed E-state index contributed by atoms with van der Waals surface area (Å²) in [6.07, 6.45) is 5.82. The minimum atomic E-state index is 0.00769. The molecule has 0 radical (unpaired) electrons. The van der Waals surface area contributed by atoms with Gasteiger partial charge in [0.1, 0.15) is 0 Å². The second-order valence-corrected chi connectivity index (χ2v) is 6.91. The molecule has 0 unspecified atom stereocenters. The number of piperazine rings is 1. The standard InChI is InChI=1S/C19H22N4O2/c1-13(14-2-3-14)10-18(24)22-6-8-23(9-7-22)19(25)15-4-5-16-17(11-15)21-12-20-16/h4-5,10-12,14H,2-3,6-9H2,1H3,(H,20,21)/b13-10+. The average molecular weight is 338 g/mol. The molecule has 2 fully saturated rings. The van der Waals surface area contributed by atoms with E-state index in [1.165, 1.54) is 18.4 Å². The quantitative estimate of drug-likeness (QED) is 0.872. The number of hydrogen-bond acceptors (Lipinski definition) is 3. The largest absolute Gasteiger partial charge is 0.345 e. The smallest absolute Gasteiger partial charge is 0.254 e. The van der Waals surface area contributed by atoms with Crippen molar-refractivity contribution in [2.75, 3.05) is 26.2 Å². The van der Waals surface area contributed by atoms with Crippen molar-refractivity contribution in [1.82, 2.24) is 19.8 Å². The number of carbonyl (C=O) groups excluding carboxylic acids is 2. The molecule has 2 heterocycles. The molecular weight excluding hydrogens is 316 g/mol. The summed E-state index contributed by atoms with van der Waals surface area (Å²) >= 11 is 0. The topological polar surface area (TPSA) is 69.3 Å². The van der Waals surface area contributed by atoms with Crippen LogP contribution in [0, 0.1) is 5.92 Å². The van der Waals surface area contributed by atoms with E-state index in [1.54, 1.807) is 12.4 Å². The van der Waals surface area contributed by atoms with E-state index in [0.29, 0.717) is 37.7 Å². The SMILES string of the molecule is C/C(=C\C(=O)N1CCN(C(=O)c2ccc3nc[nH]c3c2)CC1)C1CC1. The van der Waals surface area contributed by atoms with Gasteiger partial charge in [0, 0.05) is 37.8 Å². The summed E-state index contributed by atoms with van der Waals surface area (Å²) in [5.41, 5.74) is 3.56. The molecule has 6 heteroatoms. The Bertz CT molecular complexity index is 842. The first-order valence-corrected chi connectivity index (χ1v) is 8.81. The summed E-state index contributed by atoms with van der Waals surface area (Å²) in [5.74, 6) is 0.702. The first kappa shape index (κ1) is 15.9. The second kappa shape index (κ2) is 6.35. The number of H-pyrrole nitrogens is 1. The summed E-state index contributed by atoms with van der Waals surface area (Å²) in [7, 11) is 0. The lowest BCUT2D eigenvalue weighted by molar-refractivity contribution is -0.127. The summed E-state index contributed by atoms with van der Waals surface area (Å²) < 4.78 is 0. The zero-order chi connectivity index (χ0) is 17.4. The van der Waals surface area contributed by atoms with Gasteiger partial charge in [-0.2, -0.15) is 0 Å². The molecule has 130 valence electrons. The zero-order valence-electron chi connectivity index (χ0n) is 14.4. The first-order valence-electron chi connectivity index (χ1n) is 8.81. The number of amides is 2. The maximum Gasteiger partial charge on any atom is 0.254 e. The van der Waals surface area contributed by atoms with Crippen molar-refractivity contribution < 1.29 is 9.59 Å². The molecular formula is C19H22N4O2. The Morgan fingerprint density at radius 3 is 2.60 bits per heavy atom. The molecule has 2 aromatic rings. The van der Waals surface area contributed by atoms with Gasteiger partial charge in [-0.05, 0) is 43.9 Å². The molecule has 1 aliphatic carbocycles. The van der Waals surface area contributed by atoms with Crippen LogP contribution in [0.25, 0.3) is 11.0 Å². The van der Waals surface area contributed by atoms with E-state index in [4.69, 9.17) is 0 Å². The van der Waals surface area contributed by atoms with Gasteiger partial charge < -0.3 is 14.8 Å². The number of rotatable bonds is 3. The fraction of sp³-hybridized carbons (Fsp3) is 0.421. The van der Waals surface area contributed by atoms with Crippen LogP contribution in [-0.4, -0.2) is 57.8 Å². The predicted molar refractivity (Wildman–Crippen MR) is 95.1 cm³/mol. The van der Waals surface area contributed by atoms with Crippen molar-refractivity contribution >= 4 is 22.8 Å². The molecule has 1 aromatic carbocycles. The average Bonchev–Trinajstić information content (AvgIpc) is 3.39. The third-order valence-electron chi connectivity index (χ3n) is 5.12. The fourth-order valence-electron chi connectivity index (χ4n) is 3.32. The van der Waals surface area contributed by atoms with Crippen LogP contribution in [0.4, 0.5) is 0 Å². The van der Waals surface area contributed by atoms with E-state index in [2.05, 4.69) is 9.97 Å². The molecule has 6 nitrogen and oxygen atoms in total. The van der Waals surface area contributed by atoms with E-state index in [1.807, 2.05) is 34.9 Å². The Morgan fingerprint density at radius 1 is 1.16 bits per heavy atom. The Balaban J connectivity index is 1.38. The molecule has 1 saturated carbocycles. The maximum absolute atomic E-state index is 12.7. The Morgan fingerprint density at radius 2 is 1.88 bits per heavy atom. The molecule has 1 N–H and O–H groups in total. The van der Waals surface area contributed by atoms with Crippen LogP contribution in [0.5, 0.6) is 0 Å². The molecule has 0 bridgehead atoms. The van der Waals surface area contributed by atoms with E-state index in [0.717, 1.165) is 11.0 Å². The monoisotopic (exact) mass is 338 g/mol. The molecule has 4 rings (SSSR count). The number of aromatic nitrogens is 2. The van der Waals surface area contributed by atoms with E-state index < -0.39 is 0 Å². The number of nitrogens with one attached hydrogen (secondary N) is 1. The number of nitrogens with zero attached hydrogens (tertiary/aromatic N) is 3. The number of allylic oxidation sites excluding steroid dienone is 1. The van der Waals surface area contributed by atoms with Crippen molar-refractivity contribution in [3.63, 3.8) is 0 Å². The van der Waals surface area contributed by atoms with Crippen LogP contribution in [0.3, 0.4) is 0 Å². The van der Waals surface area contributed by atoms with E-state index >= 15 is 0 Å². The van der Waals surface area contributed by atoms with Crippen molar-refractivity contribution in [1.29, 1.82) is 0 Å². The highest BCUT2D eigenvalue weighted by molar-refractivity contribution is 5.97. The van der Waals surface area contributed by atoms with Crippen LogP contribution in [0.15, 0.2) is 36.2 Å². The van der Waals surface area contributed by atoms with Crippen molar-refractivity contribution in [3.05, 3.63) is 41.7 Å². The van der Waals surface area contributed by atoms with E-state index in [-0.39, 0.29) is 11.8 Å². The number of aromatic amines is 1. The first-order chi connectivity index (χ1) is 12.1. The Labute approximate surface area is 146 Å². The Hall–Kier alpha value is -2.63. The van der Waals surface area contributed by atoms with Gasteiger partial charge in [0.2, 0.25) is 5.91 Å². The van der Waals surface area contributed by atoms with Gasteiger partial charge in [-0.25, -0.2) is 4.98 Å². The summed E-state index contributed by atoms with van der Waals surface area (Å²) in [4.78, 5) is 35.9. The van der Waals surface area contributed by atoms with Gasteiger partial charge in [-0.1, -0.05) is 5.57 Å². The second-order valence-electron chi connectivity index (χ2n) is 6.91.